The average molecular weight is 132 g/mol. The first-order chi connectivity index (χ1) is 3.18. The third kappa shape index (κ3) is 2.83. The number of hydrogen-bond donors (Lipinski definition) is 0. The van der Waals surface area contributed by atoms with E-state index in [4.69, 9.17) is 12.2 Å². The van der Waals surface area contributed by atoms with Gasteiger partial charge >= 0.3 is 0 Å². The Morgan fingerprint density at radius 3 is 2.00 bits per heavy atom. The van der Waals surface area contributed by atoms with Crippen LogP contribution in [0.1, 0.15) is 13.8 Å². The molecule has 0 radical (unpaired) electrons. The zero-order chi connectivity index (χ0) is 5.86. The molecule has 0 aliphatic heterocycles. The molecule has 0 amide bonds. The van der Waals surface area contributed by atoms with E-state index in [2.05, 4.69) is 12.2 Å². The molecule has 40 valence electrons. The van der Waals surface area contributed by atoms with E-state index in [9.17, 15) is 0 Å². The van der Waals surface area contributed by atoms with Crippen LogP contribution in [-0.2, 0) is 0 Å². The fraction of sp³-hybridized carbons (Fsp3) is 0.600. The highest BCUT2D eigenvalue weighted by Crippen LogP contribution is 1.93. The summed E-state index contributed by atoms with van der Waals surface area (Å²) in [6, 6.07) is 0. The summed E-state index contributed by atoms with van der Waals surface area (Å²) >= 11 is 9.40. The number of rotatable bonds is 2. The normalized spacial score (nSPS) is 9.00. The highest BCUT2D eigenvalue weighted by atomic mass is 32.1. The molecule has 0 fully saturated rings. The SMILES string of the molecule is CC(C)C(=S)C=S. The van der Waals surface area contributed by atoms with Crippen LogP contribution in [-0.4, -0.2) is 10.2 Å². The van der Waals surface area contributed by atoms with Crippen LogP contribution >= 0.6 is 24.4 Å². The van der Waals surface area contributed by atoms with Gasteiger partial charge in [-0.3, -0.25) is 0 Å². The molecule has 0 spiro atoms. The monoisotopic (exact) mass is 132 g/mol. The van der Waals surface area contributed by atoms with Crippen molar-refractivity contribution in [3.05, 3.63) is 0 Å². The van der Waals surface area contributed by atoms with Crippen molar-refractivity contribution in [2.45, 2.75) is 13.8 Å². The first kappa shape index (κ1) is 7.18. The Morgan fingerprint density at radius 2 is 2.00 bits per heavy atom. The Morgan fingerprint density at radius 1 is 1.57 bits per heavy atom. The summed E-state index contributed by atoms with van der Waals surface area (Å²) in [6.07, 6.45) is 0. The van der Waals surface area contributed by atoms with Crippen LogP contribution in [0, 0.1) is 5.92 Å². The predicted molar refractivity (Wildman–Crippen MR) is 41.1 cm³/mol. The van der Waals surface area contributed by atoms with Crippen molar-refractivity contribution in [1.82, 2.24) is 0 Å². The number of hydrogen-bond acceptors (Lipinski definition) is 2. The first-order valence-corrected chi connectivity index (χ1v) is 3.05. The van der Waals surface area contributed by atoms with Gasteiger partial charge in [0.25, 0.3) is 0 Å². The van der Waals surface area contributed by atoms with Crippen molar-refractivity contribution >= 4 is 34.7 Å². The average Bonchev–Trinajstić information content (AvgIpc) is 1.65. The van der Waals surface area contributed by atoms with Crippen molar-refractivity contribution in [3.63, 3.8) is 0 Å². The standard InChI is InChI=1S/C5H8S2/c1-4(2)5(7)3-6/h3-4H,1-2H3. The van der Waals surface area contributed by atoms with Crippen LogP contribution in [0.25, 0.3) is 0 Å². The molecule has 0 unspecified atom stereocenters. The minimum absolute atomic E-state index is 0.437. The molecule has 0 N–H and O–H groups in total. The van der Waals surface area contributed by atoms with Gasteiger partial charge in [-0.25, -0.2) is 0 Å². The van der Waals surface area contributed by atoms with Crippen molar-refractivity contribution in [3.8, 4) is 0 Å². The van der Waals surface area contributed by atoms with E-state index in [1.54, 1.807) is 5.37 Å². The van der Waals surface area contributed by atoms with Crippen molar-refractivity contribution in [2.24, 2.45) is 5.92 Å². The molecule has 0 rings (SSSR count). The molecular weight excluding hydrogens is 124 g/mol. The van der Waals surface area contributed by atoms with Crippen molar-refractivity contribution < 1.29 is 0 Å². The maximum Gasteiger partial charge on any atom is 0.0284 e. The Hall–Kier alpha value is 0.180. The van der Waals surface area contributed by atoms with Gasteiger partial charge in [0.1, 0.15) is 0 Å². The lowest BCUT2D eigenvalue weighted by Gasteiger charge is -1.95. The first-order valence-electron chi connectivity index (χ1n) is 2.17. The van der Waals surface area contributed by atoms with E-state index in [1.807, 2.05) is 13.8 Å². The zero-order valence-electron chi connectivity index (χ0n) is 4.47. The van der Waals surface area contributed by atoms with Crippen molar-refractivity contribution in [1.29, 1.82) is 0 Å². The fourth-order valence-electron chi connectivity index (χ4n) is 0.136. The largest absolute Gasteiger partial charge is 0.0875 e. The molecular formula is C5H8S2. The molecule has 7 heavy (non-hydrogen) atoms. The second kappa shape index (κ2) is 3.22. The maximum atomic E-state index is 4.82. The van der Waals surface area contributed by atoms with Crippen LogP contribution in [0.2, 0.25) is 0 Å². The third-order valence-corrected chi connectivity index (χ3v) is 1.68. The summed E-state index contributed by atoms with van der Waals surface area (Å²) in [7, 11) is 0. The van der Waals surface area contributed by atoms with Gasteiger partial charge in [0.15, 0.2) is 0 Å². The molecule has 0 heterocycles. The summed E-state index contributed by atoms with van der Waals surface area (Å²) < 4.78 is 0. The van der Waals surface area contributed by atoms with Crippen LogP contribution in [0.5, 0.6) is 0 Å². The Labute approximate surface area is 54.9 Å². The Bertz CT molecular complexity index is 84.1. The Balaban J connectivity index is 3.56. The fourth-order valence-corrected chi connectivity index (χ4v) is 0.408. The summed E-state index contributed by atoms with van der Waals surface area (Å²) in [6.45, 7) is 4.07. The van der Waals surface area contributed by atoms with Crippen LogP contribution < -0.4 is 0 Å². The smallest absolute Gasteiger partial charge is 0.0284 e. The summed E-state index contributed by atoms with van der Waals surface area (Å²) in [4.78, 5) is 0.870. The molecule has 0 bridgehead atoms. The lowest BCUT2D eigenvalue weighted by molar-refractivity contribution is 0.912. The van der Waals surface area contributed by atoms with Gasteiger partial charge in [-0.2, -0.15) is 0 Å². The molecule has 0 aliphatic rings. The second-order valence-electron chi connectivity index (χ2n) is 1.67. The van der Waals surface area contributed by atoms with Crippen LogP contribution in [0.3, 0.4) is 0 Å². The summed E-state index contributed by atoms with van der Waals surface area (Å²) in [5, 5.41) is 1.56. The highest BCUT2D eigenvalue weighted by molar-refractivity contribution is 7.88. The van der Waals surface area contributed by atoms with E-state index >= 15 is 0 Å². The molecule has 2 heteroatoms. The molecule has 0 aromatic heterocycles. The Kier molecular flexibility index (Phi) is 3.30. The van der Waals surface area contributed by atoms with Gasteiger partial charge in [0.2, 0.25) is 0 Å². The maximum absolute atomic E-state index is 4.82. The highest BCUT2D eigenvalue weighted by Gasteiger charge is 1.94. The molecule has 0 nitrogen and oxygen atoms in total. The number of thiocarbonyl (C=S) groups is 2. The van der Waals surface area contributed by atoms with Crippen molar-refractivity contribution in [2.75, 3.05) is 0 Å². The summed E-state index contributed by atoms with van der Waals surface area (Å²) in [5.74, 6) is 0.437. The van der Waals surface area contributed by atoms with E-state index in [1.165, 1.54) is 0 Å². The van der Waals surface area contributed by atoms with E-state index in [0.29, 0.717) is 5.92 Å². The van der Waals surface area contributed by atoms with Gasteiger partial charge in [-0.05, 0) is 5.92 Å². The molecule has 0 saturated carbocycles. The predicted octanol–water partition coefficient (Wildman–Crippen LogP) is 2.01. The lowest BCUT2D eigenvalue weighted by atomic mass is 10.2. The van der Waals surface area contributed by atoms with E-state index in [-0.39, 0.29) is 0 Å². The third-order valence-electron chi connectivity index (χ3n) is 0.685. The van der Waals surface area contributed by atoms with Gasteiger partial charge < -0.3 is 0 Å². The lowest BCUT2D eigenvalue weighted by Crippen LogP contribution is -2.02. The quantitative estimate of drug-likeness (QED) is 0.527. The minimum Gasteiger partial charge on any atom is -0.0875 e. The summed E-state index contributed by atoms with van der Waals surface area (Å²) in [5.41, 5.74) is 0. The molecule has 0 saturated heterocycles. The molecule has 0 aliphatic carbocycles. The van der Waals surface area contributed by atoms with Gasteiger partial charge in [0.05, 0.1) is 0 Å². The zero-order valence-corrected chi connectivity index (χ0v) is 6.10. The van der Waals surface area contributed by atoms with Gasteiger partial charge in [0, 0.05) is 10.2 Å². The molecule has 0 aromatic rings. The minimum atomic E-state index is 0.437. The van der Waals surface area contributed by atoms with E-state index < -0.39 is 0 Å². The molecule has 0 aromatic carbocycles. The van der Waals surface area contributed by atoms with Crippen LogP contribution in [0.15, 0.2) is 0 Å². The molecule has 0 atom stereocenters. The topological polar surface area (TPSA) is 0 Å². The van der Waals surface area contributed by atoms with Gasteiger partial charge in [-0.15, -0.1) is 0 Å². The van der Waals surface area contributed by atoms with Crippen LogP contribution in [0.4, 0.5) is 0 Å². The second-order valence-corrected chi connectivity index (χ2v) is 2.38. The van der Waals surface area contributed by atoms with Gasteiger partial charge in [-0.1, -0.05) is 38.3 Å². The van der Waals surface area contributed by atoms with E-state index in [0.717, 1.165) is 4.86 Å².